The van der Waals surface area contributed by atoms with Gasteiger partial charge in [0, 0.05) is 31.5 Å². The highest BCUT2D eigenvalue weighted by Crippen LogP contribution is 2.26. The van der Waals surface area contributed by atoms with Crippen molar-refractivity contribution in [1.82, 2.24) is 15.3 Å². The van der Waals surface area contributed by atoms with Gasteiger partial charge in [-0.05, 0) is 39.2 Å². The lowest BCUT2D eigenvalue weighted by Crippen LogP contribution is -2.41. The molecule has 1 N–H and O–H groups in total. The van der Waals surface area contributed by atoms with Crippen LogP contribution in [0.2, 0.25) is 0 Å². The van der Waals surface area contributed by atoms with Crippen molar-refractivity contribution in [2.75, 3.05) is 18.5 Å². The smallest absolute Gasteiger partial charge is 0.150 e. The highest BCUT2D eigenvalue weighted by molar-refractivity contribution is 5.42. The van der Waals surface area contributed by atoms with E-state index in [0.717, 1.165) is 18.1 Å². The van der Waals surface area contributed by atoms with Gasteiger partial charge in [-0.2, -0.15) is 0 Å². The Hall–Kier alpha value is -1.16. The van der Waals surface area contributed by atoms with Crippen molar-refractivity contribution in [1.29, 1.82) is 0 Å². The number of aromatic nitrogens is 2. The minimum Gasteiger partial charge on any atom is -0.355 e. The zero-order valence-corrected chi connectivity index (χ0v) is 11.7. The molecule has 0 unspecified atom stereocenters. The second-order valence-corrected chi connectivity index (χ2v) is 5.14. The number of hydrogen-bond donors (Lipinski definition) is 1. The first-order valence-corrected chi connectivity index (χ1v) is 6.96. The number of nitrogens with zero attached hydrogens (tertiary/aromatic N) is 3. The maximum absolute atomic E-state index is 4.46. The molecule has 100 valence electrons. The van der Waals surface area contributed by atoms with E-state index in [-0.39, 0.29) is 0 Å². The van der Waals surface area contributed by atoms with Crippen LogP contribution in [0.3, 0.4) is 0 Å². The first-order chi connectivity index (χ1) is 8.72. The van der Waals surface area contributed by atoms with Gasteiger partial charge >= 0.3 is 0 Å². The maximum Gasteiger partial charge on any atom is 0.150 e. The Morgan fingerprint density at radius 2 is 1.89 bits per heavy atom. The van der Waals surface area contributed by atoms with Crippen LogP contribution in [0.5, 0.6) is 0 Å². The molecule has 1 aromatic rings. The Morgan fingerprint density at radius 1 is 1.22 bits per heavy atom. The van der Waals surface area contributed by atoms with Gasteiger partial charge in [-0.25, -0.2) is 4.98 Å². The molecule has 2 rings (SSSR count). The quantitative estimate of drug-likeness (QED) is 0.886. The highest BCUT2D eigenvalue weighted by Gasteiger charge is 2.24. The molecule has 0 saturated heterocycles. The summed E-state index contributed by atoms with van der Waals surface area (Å²) in [6.07, 6.45) is 8.55. The third-order valence-corrected chi connectivity index (χ3v) is 3.93. The first kappa shape index (κ1) is 13.3. The predicted molar refractivity (Wildman–Crippen MR) is 74.9 cm³/mol. The minimum atomic E-state index is 0.607. The monoisotopic (exact) mass is 248 g/mol. The number of anilines is 1. The van der Waals surface area contributed by atoms with E-state index in [0.29, 0.717) is 12.1 Å². The van der Waals surface area contributed by atoms with Gasteiger partial charge in [-0.3, -0.25) is 4.98 Å². The molecule has 0 atom stereocenters. The molecule has 1 fully saturated rings. The van der Waals surface area contributed by atoms with Crippen molar-refractivity contribution >= 4 is 5.82 Å². The van der Waals surface area contributed by atoms with E-state index in [9.17, 15) is 0 Å². The average molecular weight is 248 g/mol. The zero-order valence-electron chi connectivity index (χ0n) is 11.7. The van der Waals surface area contributed by atoms with Gasteiger partial charge in [0.2, 0.25) is 0 Å². The van der Waals surface area contributed by atoms with Gasteiger partial charge in [-0.15, -0.1) is 0 Å². The van der Waals surface area contributed by atoms with Crippen LogP contribution in [0, 0.1) is 6.92 Å². The van der Waals surface area contributed by atoms with Crippen LogP contribution < -0.4 is 10.2 Å². The fourth-order valence-electron chi connectivity index (χ4n) is 2.88. The third-order valence-electron chi connectivity index (χ3n) is 3.93. The Labute approximate surface area is 110 Å². The maximum atomic E-state index is 4.46. The molecule has 0 aromatic carbocycles. The van der Waals surface area contributed by atoms with Crippen LogP contribution in [0.1, 0.15) is 38.3 Å². The van der Waals surface area contributed by atoms with Crippen molar-refractivity contribution in [3.8, 4) is 0 Å². The van der Waals surface area contributed by atoms with E-state index in [1.165, 1.54) is 25.7 Å². The molecule has 0 aliphatic heterocycles. The summed E-state index contributed by atoms with van der Waals surface area (Å²) in [7, 11) is 2.15. The molecule has 4 heteroatoms. The number of rotatable bonds is 4. The summed E-state index contributed by atoms with van der Waals surface area (Å²) < 4.78 is 0. The van der Waals surface area contributed by atoms with Gasteiger partial charge in [0.25, 0.3) is 0 Å². The largest absolute Gasteiger partial charge is 0.355 e. The molecular weight excluding hydrogens is 224 g/mol. The molecule has 1 aromatic heterocycles. The molecule has 1 aliphatic carbocycles. The lowest BCUT2D eigenvalue weighted by atomic mass is 9.90. The van der Waals surface area contributed by atoms with Crippen LogP contribution >= 0.6 is 0 Å². The van der Waals surface area contributed by atoms with Gasteiger partial charge in [0.1, 0.15) is 5.82 Å². The molecule has 0 bridgehead atoms. The van der Waals surface area contributed by atoms with Gasteiger partial charge in [0.15, 0.2) is 0 Å². The van der Waals surface area contributed by atoms with E-state index in [2.05, 4.69) is 34.2 Å². The van der Waals surface area contributed by atoms with Gasteiger partial charge in [-0.1, -0.05) is 6.92 Å². The Kier molecular flexibility index (Phi) is 4.53. The standard InChI is InChI=1S/C14H24N4/c1-4-15-12-5-7-13(8-6-12)18(3)14-11(2)16-9-10-17-14/h9-10,12-13,15H,4-8H2,1-3H3. The summed E-state index contributed by atoms with van der Waals surface area (Å²) in [4.78, 5) is 11.1. The van der Waals surface area contributed by atoms with Crippen molar-refractivity contribution in [2.45, 2.75) is 51.6 Å². The van der Waals surface area contributed by atoms with Crippen LogP contribution in [0.15, 0.2) is 12.4 Å². The topological polar surface area (TPSA) is 41.0 Å². The summed E-state index contributed by atoms with van der Waals surface area (Å²) in [5, 5.41) is 3.55. The molecule has 18 heavy (non-hydrogen) atoms. The van der Waals surface area contributed by atoms with Crippen molar-refractivity contribution in [3.63, 3.8) is 0 Å². The summed E-state index contributed by atoms with van der Waals surface area (Å²) in [6.45, 7) is 5.29. The highest BCUT2D eigenvalue weighted by atomic mass is 15.2. The van der Waals surface area contributed by atoms with Crippen molar-refractivity contribution in [3.05, 3.63) is 18.1 Å². The third kappa shape index (κ3) is 2.99. The Bertz CT molecular complexity index is 372. The van der Waals surface area contributed by atoms with Crippen LogP contribution in [0.4, 0.5) is 5.82 Å². The molecule has 1 heterocycles. The van der Waals surface area contributed by atoms with Gasteiger partial charge < -0.3 is 10.2 Å². The summed E-state index contributed by atoms with van der Waals surface area (Å²) in [5.74, 6) is 1.03. The SMILES string of the molecule is CCNC1CCC(N(C)c2nccnc2C)CC1. The lowest BCUT2D eigenvalue weighted by Gasteiger charge is -2.35. The second-order valence-electron chi connectivity index (χ2n) is 5.14. The normalized spacial score (nSPS) is 23.9. The van der Waals surface area contributed by atoms with E-state index in [1.807, 2.05) is 6.92 Å². The Balaban J connectivity index is 1.95. The first-order valence-electron chi connectivity index (χ1n) is 6.96. The lowest BCUT2D eigenvalue weighted by molar-refractivity contribution is 0.340. The van der Waals surface area contributed by atoms with Crippen LogP contribution in [-0.2, 0) is 0 Å². The zero-order chi connectivity index (χ0) is 13.0. The van der Waals surface area contributed by atoms with Crippen molar-refractivity contribution in [2.24, 2.45) is 0 Å². The van der Waals surface area contributed by atoms with E-state index in [1.54, 1.807) is 12.4 Å². The molecule has 0 spiro atoms. The Morgan fingerprint density at radius 3 is 2.50 bits per heavy atom. The van der Waals surface area contributed by atoms with Crippen molar-refractivity contribution < 1.29 is 0 Å². The van der Waals surface area contributed by atoms with E-state index < -0.39 is 0 Å². The molecular formula is C14H24N4. The number of aryl methyl sites for hydroxylation is 1. The van der Waals surface area contributed by atoms with Crippen LogP contribution in [0.25, 0.3) is 0 Å². The predicted octanol–water partition coefficient (Wildman–Crippen LogP) is 2.14. The summed E-state index contributed by atoms with van der Waals surface area (Å²) in [5.41, 5.74) is 1.02. The van der Waals surface area contributed by atoms with E-state index in [4.69, 9.17) is 0 Å². The number of hydrogen-bond acceptors (Lipinski definition) is 4. The molecule has 1 aliphatic rings. The van der Waals surface area contributed by atoms with Crippen LogP contribution in [-0.4, -0.2) is 35.6 Å². The summed E-state index contributed by atoms with van der Waals surface area (Å²) in [6, 6.07) is 1.32. The number of nitrogens with one attached hydrogen (secondary N) is 1. The molecule has 4 nitrogen and oxygen atoms in total. The second kappa shape index (κ2) is 6.14. The molecule has 1 saturated carbocycles. The summed E-state index contributed by atoms with van der Waals surface area (Å²) >= 11 is 0. The fourth-order valence-corrected chi connectivity index (χ4v) is 2.88. The molecule has 0 amide bonds. The van der Waals surface area contributed by atoms with Gasteiger partial charge in [0.05, 0.1) is 5.69 Å². The van der Waals surface area contributed by atoms with E-state index >= 15 is 0 Å². The fraction of sp³-hybridized carbons (Fsp3) is 0.714. The minimum absolute atomic E-state index is 0.607. The molecule has 0 radical (unpaired) electrons. The average Bonchev–Trinajstić information content (AvgIpc) is 2.40.